The minimum Gasteiger partial charge on any atom is -0.454 e. The highest BCUT2D eigenvalue weighted by atomic mass is 16.7. The number of nitrogens with one attached hydrogen (secondary N) is 1. The summed E-state index contributed by atoms with van der Waals surface area (Å²) in [7, 11) is 0. The van der Waals surface area contributed by atoms with E-state index < -0.39 is 0 Å². The van der Waals surface area contributed by atoms with Crippen LogP contribution < -0.4 is 25.3 Å². The van der Waals surface area contributed by atoms with E-state index in [4.69, 9.17) is 19.9 Å². The van der Waals surface area contributed by atoms with Gasteiger partial charge in [0, 0.05) is 45.3 Å². The first-order valence-electron chi connectivity index (χ1n) is 11.7. The summed E-state index contributed by atoms with van der Waals surface area (Å²) in [6, 6.07) is 17.3. The Morgan fingerprint density at radius 2 is 1.74 bits per heavy atom. The van der Waals surface area contributed by atoms with Crippen molar-refractivity contribution in [2.45, 2.75) is 13.1 Å². The Morgan fingerprint density at radius 1 is 0.971 bits per heavy atom. The number of amides is 1. The van der Waals surface area contributed by atoms with Gasteiger partial charge in [0.15, 0.2) is 11.5 Å². The smallest absolute Gasteiger partial charge is 0.236 e. The Kier molecular flexibility index (Phi) is 6.97. The molecule has 35 heavy (non-hydrogen) atoms. The van der Waals surface area contributed by atoms with Crippen LogP contribution in [-0.4, -0.2) is 60.2 Å². The zero-order valence-electron chi connectivity index (χ0n) is 19.5. The number of nitrogen functional groups attached to an aromatic ring is 1. The zero-order valence-corrected chi connectivity index (χ0v) is 19.5. The van der Waals surface area contributed by atoms with Gasteiger partial charge in [0.25, 0.3) is 0 Å². The molecule has 0 atom stereocenters. The van der Waals surface area contributed by atoms with Crippen molar-refractivity contribution in [2.24, 2.45) is 0 Å². The molecule has 2 aliphatic heterocycles. The highest BCUT2D eigenvalue weighted by Gasteiger charge is 2.21. The Hall–Kier alpha value is -3.82. The molecule has 0 radical (unpaired) electrons. The second kappa shape index (κ2) is 10.6. The van der Waals surface area contributed by atoms with E-state index in [1.54, 1.807) is 18.3 Å². The molecule has 0 bridgehead atoms. The maximum Gasteiger partial charge on any atom is 0.236 e. The average molecular weight is 476 g/mol. The van der Waals surface area contributed by atoms with Crippen LogP contribution in [0.2, 0.25) is 0 Å². The van der Waals surface area contributed by atoms with Gasteiger partial charge >= 0.3 is 0 Å². The van der Waals surface area contributed by atoms with E-state index in [9.17, 15) is 4.79 Å². The lowest BCUT2D eigenvalue weighted by Crippen LogP contribution is -2.50. The number of benzene rings is 2. The van der Waals surface area contributed by atoms with Gasteiger partial charge in [-0.3, -0.25) is 9.69 Å². The summed E-state index contributed by atoms with van der Waals surface area (Å²) in [5.41, 5.74) is 8.50. The molecule has 2 aliphatic rings. The number of anilines is 1. The second-order valence-electron chi connectivity index (χ2n) is 8.62. The molecule has 1 amide bonds. The molecule has 3 N–H and O–H groups in total. The molecule has 9 nitrogen and oxygen atoms in total. The number of aromatic nitrogens is 1. The molecule has 3 aromatic rings. The monoisotopic (exact) mass is 475 g/mol. The van der Waals surface area contributed by atoms with Crippen molar-refractivity contribution in [1.82, 2.24) is 20.1 Å². The molecule has 1 saturated heterocycles. The Bertz CT molecular complexity index is 1150. The van der Waals surface area contributed by atoms with Crippen molar-refractivity contribution in [2.75, 3.05) is 45.3 Å². The lowest BCUT2D eigenvalue weighted by molar-refractivity contribution is -0.132. The fraction of sp³-hybridized carbons (Fsp3) is 0.308. The Morgan fingerprint density at radius 3 is 2.51 bits per heavy atom. The number of carbonyl (C=O) groups excluding carboxylic acids is 1. The van der Waals surface area contributed by atoms with E-state index in [1.807, 2.05) is 41.3 Å². The lowest BCUT2D eigenvalue weighted by Gasteiger charge is -2.34. The number of hydrogen-bond donors (Lipinski definition) is 2. The highest BCUT2D eigenvalue weighted by Crippen LogP contribution is 2.32. The summed E-state index contributed by atoms with van der Waals surface area (Å²) in [4.78, 5) is 21.1. The summed E-state index contributed by atoms with van der Waals surface area (Å²) in [5, 5.41) is 3.25. The lowest BCUT2D eigenvalue weighted by atomic mass is 10.1. The predicted octanol–water partition coefficient (Wildman–Crippen LogP) is 2.62. The molecule has 0 spiro atoms. The molecule has 182 valence electrons. The summed E-state index contributed by atoms with van der Waals surface area (Å²) in [6.07, 6.45) is 1.56. The van der Waals surface area contributed by atoms with Gasteiger partial charge in [0.1, 0.15) is 5.75 Å². The number of nitrogens with two attached hydrogens (primary N) is 1. The third-order valence-corrected chi connectivity index (χ3v) is 6.08. The largest absolute Gasteiger partial charge is 0.454 e. The van der Waals surface area contributed by atoms with Crippen molar-refractivity contribution < 1.29 is 19.0 Å². The van der Waals surface area contributed by atoms with Crippen LogP contribution in [0.25, 0.3) is 0 Å². The van der Waals surface area contributed by atoms with Crippen molar-refractivity contribution >= 4 is 11.6 Å². The normalized spacial score (nSPS) is 15.3. The van der Waals surface area contributed by atoms with Gasteiger partial charge in [-0.05, 0) is 41.5 Å². The number of hydrogen-bond acceptors (Lipinski definition) is 8. The van der Waals surface area contributed by atoms with E-state index >= 15 is 0 Å². The van der Waals surface area contributed by atoms with Gasteiger partial charge in [-0.1, -0.05) is 18.2 Å². The number of rotatable bonds is 8. The van der Waals surface area contributed by atoms with Crippen LogP contribution in [0.5, 0.6) is 23.1 Å². The number of fused-ring (bicyclic) bond motifs is 1. The van der Waals surface area contributed by atoms with Crippen molar-refractivity contribution in [1.29, 1.82) is 0 Å². The van der Waals surface area contributed by atoms with Crippen molar-refractivity contribution in [3.8, 4) is 23.1 Å². The van der Waals surface area contributed by atoms with E-state index in [0.29, 0.717) is 30.4 Å². The van der Waals surface area contributed by atoms with Gasteiger partial charge < -0.3 is 30.2 Å². The zero-order chi connectivity index (χ0) is 24.0. The van der Waals surface area contributed by atoms with Gasteiger partial charge in [-0.15, -0.1) is 0 Å². The molecule has 0 aliphatic carbocycles. The standard InChI is InChI=1S/C26H29N5O4/c27-21-4-8-25(29-15-21)35-22-5-1-19(2-6-22)14-28-16-26(32)31-11-9-30(10-12-31)17-20-3-7-23-24(13-20)34-18-33-23/h1-8,13,15,28H,9-12,14,16-18,27H2. The van der Waals surface area contributed by atoms with Gasteiger partial charge in [-0.25, -0.2) is 4.98 Å². The third-order valence-electron chi connectivity index (χ3n) is 6.08. The van der Waals surface area contributed by atoms with E-state index in [-0.39, 0.29) is 12.7 Å². The molecular formula is C26H29N5O4. The van der Waals surface area contributed by atoms with Crippen LogP contribution in [0.3, 0.4) is 0 Å². The molecule has 0 saturated carbocycles. The molecule has 0 unspecified atom stereocenters. The maximum absolute atomic E-state index is 12.6. The number of nitrogens with zero attached hydrogens (tertiary/aromatic N) is 3. The average Bonchev–Trinajstić information content (AvgIpc) is 3.35. The van der Waals surface area contributed by atoms with E-state index in [1.165, 1.54) is 5.56 Å². The summed E-state index contributed by atoms with van der Waals surface area (Å²) in [6.45, 7) is 5.22. The summed E-state index contributed by atoms with van der Waals surface area (Å²) >= 11 is 0. The quantitative estimate of drug-likeness (QED) is 0.513. The topological polar surface area (TPSA) is 102 Å². The highest BCUT2D eigenvalue weighted by molar-refractivity contribution is 5.78. The first-order valence-corrected chi connectivity index (χ1v) is 11.7. The van der Waals surface area contributed by atoms with Gasteiger partial charge in [0.2, 0.25) is 18.6 Å². The first kappa shape index (κ1) is 22.9. The maximum atomic E-state index is 12.6. The van der Waals surface area contributed by atoms with Crippen molar-refractivity contribution in [3.63, 3.8) is 0 Å². The second-order valence-corrected chi connectivity index (χ2v) is 8.62. The molecular weight excluding hydrogens is 446 g/mol. The number of carbonyl (C=O) groups is 1. The van der Waals surface area contributed by atoms with Crippen LogP contribution in [-0.2, 0) is 17.9 Å². The van der Waals surface area contributed by atoms with Crippen LogP contribution in [0.4, 0.5) is 5.69 Å². The number of pyridine rings is 1. The fourth-order valence-corrected chi connectivity index (χ4v) is 4.13. The van der Waals surface area contributed by atoms with Gasteiger partial charge in [-0.2, -0.15) is 0 Å². The number of ether oxygens (including phenoxy) is 3. The summed E-state index contributed by atoms with van der Waals surface area (Å²) in [5.74, 6) is 2.93. The van der Waals surface area contributed by atoms with Crippen LogP contribution in [0, 0.1) is 0 Å². The Labute approximate surface area is 204 Å². The SMILES string of the molecule is Nc1ccc(Oc2ccc(CNCC(=O)N3CCN(Cc4ccc5c(c4)OCO5)CC3)cc2)nc1. The molecule has 5 rings (SSSR count). The number of piperazine rings is 1. The minimum atomic E-state index is 0.127. The van der Waals surface area contributed by atoms with Crippen LogP contribution >= 0.6 is 0 Å². The van der Waals surface area contributed by atoms with Gasteiger partial charge in [0.05, 0.1) is 18.4 Å². The Balaban J connectivity index is 1.02. The fourth-order valence-electron chi connectivity index (χ4n) is 4.13. The predicted molar refractivity (Wildman–Crippen MR) is 131 cm³/mol. The first-order chi connectivity index (χ1) is 17.1. The summed E-state index contributed by atoms with van der Waals surface area (Å²) < 4.78 is 16.6. The third kappa shape index (κ3) is 6.00. The molecule has 2 aromatic carbocycles. The van der Waals surface area contributed by atoms with E-state index in [2.05, 4.69) is 21.3 Å². The molecule has 3 heterocycles. The molecule has 1 fully saturated rings. The molecule has 1 aromatic heterocycles. The van der Waals surface area contributed by atoms with Crippen molar-refractivity contribution in [3.05, 3.63) is 71.9 Å². The molecule has 9 heteroatoms. The van der Waals surface area contributed by atoms with Crippen LogP contribution in [0.1, 0.15) is 11.1 Å². The van der Waals surface area contributed by atoms with Crippen LogP contribution in [0.15, 0.2) is 60.8 Å². The van der Waals surface area contributed by atoms with E-state index in [0.717, 1.165) is 49.8 Å². The minimum absolute atomic E-state index is 0.127.